The molecule has 0 fully saturated rings. The normalized spacial score (nSPS) is 10.3. The van der Waals surface area contributed by atoms with Crippen LogP contribution in [-0.4, -0.2) is 12.2 Å². The first-order valence-electron chi connectivity index (χ1n) is 3.20. The van der Waals surface area contributed by atoms with E-state index in [4.69, 9.17) is 11.6 Å². The molecule has 0 N–H and O–H groups in total. The Hall–Kier alpha value is -0.960. The quantitative estimate of drug-likeness (QED) is 0.656. The second-order valence-corrected chi connectivity index (χ2v) is 2.55. The van der Waals surface area contributed by atoms with Crippen molar-refractivity contribution in [3.05, 3.63) is 34.9 Å². The Balaban J connectivity index is 3.03. The van der Waals surface area contributed by atoms with Gasteiger partial charge in [0.25, 0.3) is 0 Å². The number of carbonyl (C=O) groups is 1. The highest BCUT2D eigenvalue weighted by Crippen LogP contribution is 2.17. The monoisotopic (exact) mass is 190 g/mol. The van der Waals surface area contributed by atoms with Gasteiger partial charge in [0.15, 0.2) is 0 Å². The van der Waals surface area contributed by atoms with Gasteiger partial charge in [0.1, 0.15) is 0 Å². The largest absolute Gasteiger partial charge is 0.300 e. The van der Waals surface area contributed by atoms with Crippen LogP contribution in [0.3, 0.4) is 0 Å². The van der Waals surface area contributed by atoms with E-state index in [1.165, 1.54) is 18.2 Å². The highest BCUT2D eigenvalue weighted by Gasteiger charge is 2.19. The lowest BCUT2D eigenvalue weighted by molar-refractivity contribution is 0.0679. The van der Waals surface area contributed by atoms with Gasteiger partial charge in [-0.1, -0.05) is 23.7 Å². The van der Waals surface area contributed by atoms with E-state index in [9.17, 15) is 13.6 Å². The topological polar surface area (TPSA) is 17.1 Å². The number of hydrogen-bond donors (Lipinski definition) is 0. The Morgan fingerprint density at radius 1 is 1.33 bits per heavy atom. The van der Waals surface area contributed by atoms with Crippen LogP contribution in [0.25, 0.3) is 0 Å². The van der Waals surface area contributed by atoms with Crippen molar-refractivity contribution in [2.45, 2.75) is 6.43 Å². The van der Waals surface area contributed by atoms with Gasteiger partial charge in [-0.15, -0.1) is 0 Å². The third-order valence-electron chi connectivity index (χ3n) is 1.34. The lowest BCUT2D eigenvalue weighted by atomic mass is 10.1. The van der Waals surface area contributed by atoms with E-state index >= 15 is 0 Å². The Kier molecular flexibility index (Phi) is 2.76. The van der Waals surface area contributed by atoms with E-state index in [1.807, 2.05) is 0 Å². The van der Waals surface area contributed by atoms with Crippen LogP contribution in [0.15, 0.2) is 24.3 Å². The van der Waals surface area contributed by atoms with Crippen molar-refractivity contribution in [1.82, 2.24) is 0 Å². The number of rotatable bonds is 2. The zero-order valence-corrected chi connectivity index (χ0v) is 6.68. The molecule has 0 aromatic heterocycles. The van der Waals surface area contributed by atoms with Crippen molar-refractivity contribution in [3.63, 3.8) is 0 Å². The maximum atomic E-state index is 11.9. The number of halogens is 3. The van der Waals surface area contributed by atoms with Gasteiger partial charge < -0.3 is 0 Å². The summed E-state index contributed by atoms with van der Waals surface area (Å²) in [6.07, 6.45) is -3.00. The number of benzene rings is 1. The summed E-state index contributed by atoms with van der Waals surface area (Å²) in [5.74, 6) is -1.24. The number of ketones is 1. The molecule has 0 aliphatic heterocycles. The first kappa shape index (κ1) is 9.13. The molecule has 0 heterocycles. The fourth-order valence-electron chi connectivity index (χ4n) is 0.779. The molecule has 0 bridgehead atoms. The van der Waals surface area contributed by atoms with Crippen LogP contribution in [0.2, 0.25) is 5.02 Å². The van der Waals surface area contributed by atoms with E-state index in [0.717, 1.165) is 0 Å². The summed E-state index contributed by atoms with van der Waals surface area (Å²) in [6, 6.07) is 5.74. The zero-order chi connectivity index (χ0) is 9.14. The summed E-state index contributed by atoms with van der Waals surface area (Å²) in [6.45, 7) is 0. The van der Waals surface area contributed by atoms with E-state index in [-0.39, 0.29) is 10.6 Å². The molecule has 1 aromatic carbocycles. The van der Waals surface area contributed by atoms with Gasteiger partial charge in [0, 0.05) is 5.56 Å². The maximum Gasteiger partial charge on any atom is 0.300 e. The average Bonchev–Trinajstić information content (AvgIpc) is 2.04. The summed E-state index contributed by atoms with van der Waals surface area (Å²) < 4.78 is 23.8. The molecule has 1 aromatic rings. The molecule has 0 amide bonds. The van der Waals surface area contributed by atoms with Crippen molar-refractivity contribution >= 4 is 17.4 Å². The maximum absolute atomic E-state index is 11.9. The van der Waals surface area contributed by atoms with Crippen molar-refractivity contribution in [3.8, 4) is 0 Å². The predicted molar refractivity (Wildman–Crippen MR) is 41.8 cm³/mol. The van der Waals surface area contributed by atoms with Crippen LogP contribution in [-0.2, 0) is 0 Å². The summed E-state index contributed by atoms with van der Waals surface area (Å²) in [7, 11) is 0. The smallest absolute Gasteiger partial charge is 0.288 e. The molecule has 0 aliphatic rings. The molecule has 12 heavy (non-hydrogen) atoms. The highest BCUT2D eigenvalue weighted by atomic mass is 35.5. The molecule has 1 rings (SSSR count). The minimum Gasteiger partial charge on any atom is -0.288 e. The molecule has 0 saturated carbocycles. The number of alkyl halides is 2. The molecule has 0 unspecified atom stereocenters. The predicted octanol–water partition coefficient (Wildman–Crippen LogP) is 2.79. The Morgan fingerprint density at radius 3 is 2.42 bits per heavy atom. The molecular formula is C8H5ClF2O. The lowest BCUT2D eigenvalue weighted by Gasteiger charge is -2.00. The van der Waals surface area contributed by atoms with Crippen molar-refractivity contribution < 1.29 is 13.6 Å². The summed E-state index contributed by atoms with van der Waals surface area (Å²) in [4.78, 5) is 10.7. The number of Topliss-reactive ketones (excluding diaryl/α,β-unsaturated/α-hetero) is 1. The van der Waals surface area contributed by atoms with Crippen molar-refractivity contribution in [1.29, 1.82) is 0 Å². The summed E-state index contributed by atoms with van der Waals surface area (Å²) in [5.41, 5.74) is -0.130. The third kappa shape index (κ3) is 1.80. The van der Waals surface area contributed by atoms with E-state index in [0.29, 0.717) is 0 Å². The standard InChI is InChI=1S/C8H5ClF2O/c9-6-4-2-1-3-5(6)7(12)8(10)11/h1-4,8H. The minimum absolute atomic E-state index is 0.0581. The van der Waals surface area contributed by atoms with Gasteiger partial charge in [-0.2, -0.15) is 0 Å². The van der Waals surface area contributed by atoms with Crippen LogP contribution in [0.4, 0.5) is 8.78 Å². The Morgan fingerprint density at radius 2 is 1.92 bits per heavy atom. The van der Waals surface area contributed by atoms with Gasteiger partial charge in [-0.25, -0.2) is 8.78 Å². The van der Waals surface area contributed by atoms with Crippen molar-refractivity contribution in [2.24, 2.45) is 0 Å². The molecule has 0 saturated heterocycles. The Labute approximate surface area is 73.0 Å². The van der Waals surface area contributed by atoms with E-state index < -0.39 is 12.2 Å². The molecular weight excluding hydrogens is 186 g/mol. The van der Waals surface area contributed by atoms with Crippen LogP contribution < -0.4 is 0 Å². The van der Waals surface area contributed by atoms with Crippen molar-refractivity contribution in [2.75, 3.05) is 0 Å². The third-order valence-corrected chi connectivity index (χ3v) is 1.67. The molecule has 64 valence electrons. The van der Waals surface area contributed by atoms with Gasteiger partial charge in [0.2, 0.25) is 5.78 Å². The molecule has 1 nitrogen and oxygen atoms in total. The SMILES string of the molecule is O=C(c1ccccc1Cl)C(F)F. The summed E-state index contributed by atoms with van der Waals surface area (Å²) in [5, 5.41) is 0.0581. The summed E-state index contributed by atoms with van der Waals surface area (Å²) >= 11 is 5.51. The van der Waals surface area contributed by atoms with E-state index in [1.54, 1.807) is 6.07 Å². The second kappa shape index (κ2) is 3.63. The molecule has 4 heteroatoms. The zero-order valence-electron chi connectivity index (χ0n) is 5.93. The molecule has 0 radical (unpaired) electrons. The van der Waals surface area contributed by atoms with Crippen LogP contribution in [0, 0.1) is 0 Å². The van der Waals surface area contributed by atoms with Crippen LogP contribution in [0.1, 0.15) is 10.4 Å². The average molecular weight is 191 g/mol. The molecule has 0 atom stereocenters. The van der Waals surface area contributed by atoms with Gasteiger partial charge >= 0.3 is 6.43 Å². The molecule has 0 aliphatic carbocycles. The lowest BCUT2D eigenvalue weighted by Crippen LogP contribution is -2.10. The first-order chi connectivity index (χ1) is 5.63. The fourth-order valence-corrected chi connectivity index (χ4v) is 1.01. The number of carbonyl (C=O) groups excluding carboxylic acids is 1. The molecule has 0 spiro atoms. The second-order valence-electron chi connectivity index (χ2n) is 2.14. The van der Waals surface area contributed by atoms with Gasteiger partial charge in [-0.3, -0.25) is 4.79 Å². The van der Waals surface area contributed by atoms with E-state index in [2.05, 4.69) is 0 Å². The number of hydrogen-bond acceptors (Lipinski definition) is 1. The highest BCUT2D eigenvalue weighted by molar-refractivity contribution is 6.34. The Bertz CT molecular complexity index is 299. The van der Waals surface area contributed by atoms with Gasteiger partial charge in [-0.05, 0) is 12.1 Å². The van der Waals surface area contributed by atoms with Crippen LogP contribution >= 0.6 is 11.6 Å². The van der Waals surface area contributed by atoms with Gasteiger partial charge in [0.05, 0.1) is 5.02 Å². The van der Waals surface area contributed by atoms with Crippen LogP contribution in [0.5, 0.6) is 0 Å². The minimum atomic E-state index is -3.00. The fraction of sp³-hybridized carbons (Fsp3) is 0.125. The first-order valence-corrected chi connectivity index (χ1v) is 3.57.